The highest BCUT2D eigenvalue weighted by molar-refractivity contribution is 6.31. The number of hydrogen-bond acceptors (Lipinski definition) is 6. The number of aromatic nitrogens is 4. The minimum absolute atomic E-state index is 0.0371. The zero-order chi connectivity index (χ0) is 24.8. The van der Waals surface area contributed by atoms with Crippen LogP contribution in [0.15, 0.2) is 84.7 Å². The average molecular weight is 496 g/mol. The van der Waals surface area contributed by atoms with Crippen LogP contribution in [0, 0.1) is 0 Å². The SMILES string of the molecule is CC(C1=C(c2ccccc2)c2ccccc2OC1)n1nc(-c2cc(O)cc(Cl)c2)c2c(N)ncnc21. The smallest absolute Gasteiger partial charge is 0.164 e. The molecule has 1 aliphatic heterocycles. The molecule has 7 nitrogen and oxygen atoms in total. The molecule has 1 unspecified atom stereocenters. The van der Waals surface area contributed by atoms with Gasteiger partial charge in [-0.1, -0.05) is 60.1 Å². The first-order valence-electron chi connectivity index (χ1n) is 11.5. The lowest BCUT2D eigenvalue weighted by molar-refractivity contribution is 0.327. The zero-order valence-electron chi connectivity index (χ0n) is 19.4. The molecule has 3 aromatic carbocycles. The lowest BCUT2D eigenvalue weighted by atomic mass is 9.88. The third-order valence-electron chi connectivity index (χ3n) is 6.47. The summed E-state index contributed by atoms with van der Waals surface area (Å²) < 4.78 is 8.03. The Hall–Kier alpha value is -4.36. The molecule has 3 heterocycles. The summed E-state index contributed by atoms with van der Waals surface area (Å²) in [5, 5.41) is 16.1. The molecule has 0 fully saturated rings. The van der Waals surface area contributed by atoms with Crippen molar-refractivity contribution in [2.75, 3.05) is 12.3 Å². The van der Waals surface area contributed by atoms with Crippen LogP contribution in [0.25, 0.3) is 27.9 Å². The summed E-state index contributed by atoms with van der Waals surface area (Å²) in [6.45, 7) is 2.47. The van der Waals surface area contributed by atoms with Gasteiger partial charge >= 0.3 is 0 Å². The highest BCUT2D eigenvalue weighted by Gasteiger charge is 2.28. The van der Waals surface area contributed by atoms with Gasteiger partial charge in [0.05, 0.1) is 11.4 Å². The summed E-state index contributed by atoms with van der Waals surface area (Å²) in [7, 11) is 0. The molecular weight excluding hydrogens is 474 g/mol. The van der Waals surface area contributed by atoms with Gasteiger partial charge in [-0.25, -0.2) is 14.6 Å². The fraction of sp³-hybridized carbons (Fsp3) is 0.107. The van der Waals surface area contributed by atoms with E-state index in [4.69, 9.17) is 27.2 Å². The second kappa shape index (κ2) is 8.70. The molecule has 0 bridgehead atoms. The molecule has 1 atom stereocenters. The predicted molar refractivity (Wildman–Crippen MR) is 141 cm³/mol. The van der Waals surface area contributed by atoms with Crippen LogP contribution in [0.3, 0.4) is 0 Å². The number of anilines is 1. The molecule has 3 N–H and O–H groups in total. The fourth-order valence-electron chi connectivity index (χ4n) is 4.80. The summed E-state index contributed by atoms with van der Waals surface area (Å²) in [5.41, 5.74) is 12.4. The number of fused-ring (bicyclic) bond motifs is 2. The van der Waals surface area contributed by atoms with Gasteiger partial charge in [-0.2, -0.15) is 5.10 Å². The van der Waals surface area contributed by atoms with Gasteiger partial charge in [0.15, 0.2) is 5.65 Å². The lowest BCUT2D eigenvalue weighted by Crippen LogP contribution is -2.21. The number of nitrogens with zero attached hydrogens (tertiary/aromatic N) is 4. The largest absolute Gasteiger partial charge is 0.508 e. The summed E-state index contributed by atoms with van der Waals surface area (Å²) in [5.74, 6) is 1.18. The molecular formula is C28H22ClN5O2. The van der Waals surface area contributed by atoms with Gasteiger partial charge in [0.25, 0.3) is 0 Å². The lowest BCUT2D eigenvalue weighted by Gasteiger charge is -2.28. The Balaban J connectivity index is 1.60. The van der Waals surface area contributed by atoms with E-state index in [0.717, 1.165) is 28.0 Å². The number of para-hydroxylation sites is 1. The van der Waals surface area contributed by atoms with E-state index in [9.17, 15) is 5.11 Å². The molecule has 178 valence electrons. The number of phenols is 1. The normalized spacial score (nSPS) is 13.9. The van der Waals surface area contributed by atoms with Crippen LogP contribution >= 0.6 is 11.6 Å². The van der Waals surface area contributed by atoms with Crippen LogP contribution in [0.2, 0.25) is 5.02 Å². The van der Waals surface area contributed by atoms with E-state index in [0.29, 0.717) is 39.7 Å². The van der Waals surface area contributed by atoms with Crippen molar-refractivity contribution < 1.29 is 9.84 Å². The van der Waals surface area contributed by atoms with Crippen molar-refractivity contribution in [3.63, 3.8) is 0 Å². The van der Waals surface area contributed by atoms with Gasteiger partial charge in [-0.05, 0) is 47.9 Å². The molecule has 0 spiro atoms. The van der Waals surface area contributed by atoms with Crippen molar-refractivity contribution >= 4 is 34.0 Å². The topological polar surface area (TPSA) is 99.1 Å². The molecule has 2 aromatic heterocycles. The van der Waals surface area contributed by atoms with Crippen molar-refractivity contribution in [2.24, 2.45) is 0 Å². The summed E-state index contributed by atoms with van der Waals surface area (Å²) in [4.78, 5) is 8.74. The highest BCUT2D eigenvalue weighted by atomic mass is 35.5. The van der Waals surface area contributed by atoms with E-state index in [1.165, 1.54) is 12.4 Å². The second-order valence-electron chi connectivity index (χ2n) is 8.68. The third-order valence-corrected chi connectivity index (χ3v) is 6.69. The molecule has 8 heteroatoms. The predicted octanol–water partition coefficient (Wildman–Crippen LogP) is 5.89. The summed E-state index contributed by atoms with van der Waals surface area (Å²) in [6.07, 6.45) is 1.43. The number of hydrogen-bond donors (Lipinski definition) is 2. The molecule has 0 saturated heterocycles. The number of nitrogen functional groups attached to an aromatic ring is 1. The zero-order valence-corrected chi connectivity index (χ0v) is 20.1. The number of rotatable bonds is 4. The Morgan fingerprint density at radius 3 is 2.58 bits per heavy atom. The van der Waals surface area contributed by atoms with Gasteiger partial charge in [0.2, 0.25) is 0 Å². The Kier molecular flexibility index (Phi) is 5.34. The number of phenolic OH excluding ortho intramolecular Hbond substituents is 1. The first-order chi connectivity index (χ1) is 17.5. The number of aromatic hydroxyl groups is 1. The van der Waals surface area contributed by atoms with Crippen molar-refractivity contribution in [3.05, 3.63) is 101 Å². The molecule has 0 radical (unpaired) electrons. The molecule has 6 rings (SSSR count). The maximum Gasteiger partial charge on any atom is 0.164 e. The van der Waals surface area contributed by atoms with Crippen LogP contribution in [-0.2, 0) is 0 Å². The highest BCUT2D eigenvalue weighted by Crippen LogP contribution is 2.42. The van der Waals surface area contributed by atoms with E-state index in [1.54, 1.807) is 12.1 Å². The van der Waals surface area contributed by atoms with Gasteiger partial charge in [-0.15, -0.1) is 0 Å². The molecule has 1 aliphatic rings. The average Bonchev–Trinajstić information content (AvgIpc) is 3.29. The van der Waals surface area contributed by atoms with E-state index in [1.807, 2.05) is 41.1 Å². The number of nitrogens with two attached hydrogens (primary N) is 1. The minimum atomic E-state index is -0.230. The van der Waals surface area contributed by atoms with Crippen molar-refractivity contribution in [3.8, 4) is 22.8 Å². The molecule has 36 heavy (non-hydrogen) atoms. The fourth-order valence-corrected chi connectivity index (χ4v) is 5.03. The Morgan fingerprint density at radius 1 is 1.00 bits per heavy atom. The summed E-state index contributed by atoms with van der Waals surface area (Å²) in [6, 6.07) is 22.9. The molecule has 0 aliphatic carbocycles. The van der Waals surface area contributed by atoms with E-state index >= 15 is 0 Å². The first kappa shape index (κ1) is 22.1. The van der Waals surface area contributed by atoms with Gasteiger partial charge in [-0.3, -0.25) is 0 Å². The van der Waals surface area contributed by atoms with Crippen LogP contribution in [0.4, 0.5) is 5.82 Å². The Morgan fingerprint density at radius 2 is 1.78 bits per heavy atom. The summed E-state index contributed by atoms with van der Waals surface area (Å²) >= 11 is 6.24. The number of ether oxygens (including phenoxy) is 1. The van der Waals surface area contributed by atoms with Crippen molar-refractivity contribution in [1.82, 2.24) is 19.7 Å². The standard InChI is InChI=1S/C28H22ClN5O2/c1-16(22-14-36-23-10-6-5-9-21(23)24(22)17-7-3-2-4-8-17)34-28-25(27(30)31-15-32-28)26(33-34)18-11-19(29)13-20(35)12-18/h2-13,15-16,35H,14H2,1H3,(H2,30,31,32). The van der Waals surface area contributed by atoms with Gasteiger partial charge < -0.3 is 15.6 Å². The molecule has 0 amide bonds. The second-order valence-corrected chi connectivity index (χ2v) is 9.11. The van der Waals surface area contributed by atoms with Crippen LogP contribution in [-0.4, -0.2) is 31.5 Å². The maximum absolute atomic E-state index is 10.2. The van der Waals surface area contributed by atoms with Crippen LogP contribution in [0.5, 0.6) is 11.5 Å². The van der Waals surface area contributed by atoms with E-state index in [2.05, 4.69) is 35.1 Å². The quantitative estimate of drug-likeness (QED) is 0.322. The van der Waals surface area contributed by atoms with Gasteiger partial charge in [0, 0.05) is 16.1 Å². The molecule has 0 saturated carbocycles. The maximum atomic E-state index is 10.2. The van der Waals surface area contributed by atoms with Crippen molar-refractivity contribution in [1.29, 1.82) is 0 Å². The van der Waals surface area contributed by atoms with Crippen LogP contribution < -0.4 is 10.5 Å². The first-order valence-corrected chi connectivity index (χ1v) is 11.9. The van der Waals surface area contributed by atoms with Crippen molar-refractivity contribution in [2.45, 2.75) is 13.0 Å². The number of benzene rings is 3. The van der Waals surface area contributed by atoms with E-state index in [-0.39, 0.29) is 11.8 Å². The monoisotopic (exact) mass is 495 g/mol. The third kappa shape index (κ3) is 3.65. The minimum Gasteiger partial charge on any atom is -0.508 e. The number of halogens is 1. The molecule has 5 aromatic rings. The Bertz CT molecular complexity index is 1620. The van der Waals surface area contributed by atoms with Crippen LogP contribution in [0.1, 0.15) is 24.1 Å². The van der Waals surface area contributed by atoms with E-state index < -0.39 is 0 Å². The Labute approximate surface area is 212 Å². The van der Waals surface area contributed by atoms with Gasteiger partial charge in [0.1, 0.15) is 35.9 Å².